The lowest BCUT2D eigenvalue weighted by atomic mass is 10.1. The van der Waals surface area contributed by atoms with Gasteiger partial charge in [0.05, 0.1) is 31.2 Å². The monoisotopic (exact) mass is 497 g/mol. The number of nitro groups is 1. The van der Waals surface area contributed by atoms with Gasteiger partial charge in [-0.2, -0.15) is 4.99 Å². The zero-order chi connectivity index (χ0) is 22.7. The molecule has 3 aromatic rings. The highest BCUT2D eigenvalue weighted by molar-refractivity contribution is 7.09. The van der Waals surface area contributed by atoms with Gasteiger partial charge in [-0.25, -0.2) is 0 Å². The van der Waals surface area contributed by atoms with Crippen LogP contribution in [0.2, 0.25) is 15.1 Å². The van der Waals surface area contributed by atoms with Gasteiger partial charge in [0.2, 0.25) is 0 Å². The number of benzene rings is 2. The van der Waals surface area contributed by atoms with Crippen molar-refractivity contribution in [2.45, 2.75) is 33.2 Å². The molecule has 162 valence electrons. The van der Waals surface area contributed by atoms with Crippen LogP contribution in [-0.4, -0.2) is 15.4 Å². The van der Waals surface area contributed by atoms with Gasteiger partial charge in [-0.1, -0.05) is 54.2 Å². The van der Waals surface area contributed by atoms with E-state index in [1.165, 1.54) is 23.5 Å². The lowest BCUT2D eigenvalue weighted by molar-refractivity contribution is -0.384. The Bertz CT molecular complexity index is 1230. The minimum absolute atomic E-state index is 0.0138. The molecule has 0 saturated heterocycles. The van der Waals surface area contributed by atoms with E-state index in [4.69, 9.17) is 34.8 Å². The second-order valence-corrected chi connectivity index (χ2v) is 8.90. The molecule has 0 saturated carbocycles. The predicted molar refractivity (Wildman–Crippen MR) is 125 cm³/mol. The first-order chi connectivity index (χ1) is 14.8. The second kappa shape index (κ2) is 9.96. The van der Waals surface area contributed by atoms with E-state index < -0.39 is 10.8 Å². The molecule has 0 atom stereocenters. The molecule has 6 nitrogen and oxygen atoms in total. The summed E-state index contributed by atoms with van der Waals surface area (Å²) in [6.45, 7) is 4.58. The van der Waals surface area contributed by atoms with E-state index in [0.29, 0.717) is 21.4 Å². The molecule has 31 heavy (non-hydrogen) atoms. The first kappa shape index (κ1) is 23.5. The van der Waals surface area contributed by atoms with Crippen LogP contribution in [0, 0.1) is 10.1 Å². The summed E-state index contributed by atoms with van der Waals surface area (Å²) >= 11 is 19.8. The number of non-ortho nitro benzene ring substituents is 1. The van der Waals surface area contributed by atoms with Gasteiger partial charge in [0.15, 0.2) is 4.80 Å². The number of aromatic nitrogens is 1. The summed E-state index contributed by atoms with van der Waals surface area (Å²) in [5, 5.41) is 12.1. The number of hydrogen-bond donors (Lipinski definition) is 0. The van der Waals surface area contributed by atoms with E-state index in [9.17, 15) is 14.9 Å². The second-order valence-electron chi connectivity index (χ2n) is 6.62. The van der Waals surface area contributed by atoms with Gasteiger partial charge < -0.3 is 4.57 Å². The largest absolute Gasteiger partial charge is 0.316 e. The third-order valence-corrected chi connectivity index (χ3v) is 6.76. The quantitative estimate of drug-likeness (QED) is 0.277. The van der Waals surface area contributed by atoms with Crippen LogP contribution >= 0.6 is 46.1 Å². The molecular formula is C21H18Cl3N3O3S. The van der Waals surface area contributed by atoms with Crippen molar-refractivity contribution in [1.82, 2.24) is 4.57 Å². The lowest BCUT2D eigenvalue weighted by Crippen LogP contribution is -2.17. The van der Waals surface area contributed by atoms with Gasteiger partial charge in [-0.05, 0) is 31.5 Å². The fourth-order valence-electron chi connectivity index (χ4n) is 3.13. The summed E-state index contributed by atoms with van der Waals surface area (Å²) in [4.78, 5) is 29.2. The molecule has 0 radical (unpaired) electrons. The molecule has 0 aliphatic heterocycles. The molecule has 0 spiro atoms. The highest BCUT2D eigenvalue weighted by Crippen LogP contribution is 2.32. The van der Waals surface area contributed by atoms with Crippen molar-refractivity contribution in [3.05, 3.63) is 76.8 Å². The molecule has 0 aliphatic carbocycles. The number of halogens is 3. The highest BCUT2D eigenvalue weighted by atomic mass is 35.5. The number of nitrogens with zero attached hydrogens (tertiary/aromatic N) is 3. The average Bonchev–Trinajstić information content (AvgIpc) is 3.07. The van der Waals surface area contributed by atoms with Crippen LogP contribution < -0.4 is 4.80 Å². The zero-order valence-electron chi connectivity index (χ0n) is 16.7. The van der Waals surface area contributed by atoms with Crippen molar-refractivity contribution in [3.8, 4) is 11.3 Å². The topological polar surface area (TPSA) is 77.5 Å². The van der Waals surface area contributed by atoms with E-state index in [1.54, 1.807) is 12.1 Å². The number of aryl methyl sites for hydroxylation is 1. The molecule has 0 aliphatic rings. The maximum atomic E-state index is 12.9. The molecule has 3 rings (SSSR count). The van der Waals surface area contributed by atoms with Gasteiger partial charge in [0, 0.05) is 29.1 Å². The number of carbonyl (C=O) groups excluding carboxylic acids is 1. The maximum Gasteiger partial charge on any atom is 0.281 e. The van der Waals surface area contributed by atoms with Crippen molar-refractivity contribution < 1.29 is 9.72 Å². The van der Waals surface area contributed by atoms with Crippen LogP contribution in [0.15, 0.2) is 41.4 Å². The van der Waals surface area contributed by atoms with E-state index in [2.05, 4.69) is 11.9 Å². The summed E-state index contributed by atoms with van der Waals surface area (Å²) in [7, 11) is 0. The van der Waals surface area contributed by atoms with Gasteiger partial charge in [-0.15, -0.1) is 11.3 Å². The maximum absolute atomic E-state index is 12.9. The minimum Gasteiger partial charge on any atom is -0.316 e. The summed E-state index contributed by atoms with van der Waals surface area (Å²) in [6.07, 6.45) is 1.70. The molecule has 10 heteroatoms. The summed E-state index contributed by atoms with van der Waals surface area (Å²) in [5.41, 5.74) is 1.56. The van der Waals surface area contributed by atoms with E-state index >= 15 is 0 Å². The Kier molecular flexibility index (Phi) is 7.54. The SMILES string of the molecule is CCCc1sc(=NC(=O)c2cc([N+](=O)[O-])ccc2Cl)n(CC)c1-c1ccc(Cl)c(Cl)c1. The summed E-state index contributed by atoms with van der Waals surface area (Å²) in [6, 6.07) is 9.12. The Hall–Kier alpha value is -2.19. The minimum atomic E-state index is -0.638. The Balaban J connectivity index is 2.19. The van der Waals surface area contributed by atoms with Crippen molar-refractivity contribution in [1.29, 1.82) is 0 Å². The average molecular weight is 499 g/mol. The van der Waals surface area contributed by atoms with Gasteiger partial charge in [0.25, 0.3) is 11.6 Å². The Labute approximate surface area is 197 Å². The number of carbonyl (C=O) groups is 1. The fraction of sp³-hybridized carbons (Fsp3) is 0.238. The number of amides is 1. The molecule has 1 aromatic heterocycles. The highest BCUT2D eigenvalue weighted by Gasteiger charge is 2.19. The smallest absolute Gasteiger partial charge is 0.281 e. The number of rotatable bonds is 6. The first-order valence-electron chi connectivity index (χ1n) is 9.47. The Morgan fingerprint density at radius 1 is 1.10 bits per heavy atom. The fourth-order valence-corrected chi connectivity index (χ4v) is 4.94. The van der Waals surface area contributed by atoms with Crippen LogP contribution in [0.25, 0.3) is 11.3 Å². The first-order valence-corrected chi connectivity index (χ1v) is 11.4. The third kappa shape index (κ3) is 5.01. The Morgan fingerprint density at radius 2 is 1.81 bits per heavy atom. The van der Waals surface area contributed by atoms with Crippen LogP contribution in [0.3, 0.4) is 0 Å². The van der Waals surface area contributed by atoms with Gasteiger partial charge in [-0.3, -0.25) is 14.9 Å². The van der Waals surface area contributed by atoms with Crippen molar-refractivity contribution >= 4 is 57.7 Å². The zero-order valence-corrected chi connectivity index (χ0v) is 19.8. The van der Waals surface area contributed by atoms with Crippen LogP contribution in [0.5, 0.6) is 0 Å². The van der Waals surface area contributed by atoms with Crippen molar-refractivity contribution in [2.24, 2.45) is 4.99 Å². The summed E-state index contributed by atoms with van der Waals surface area (Å²) in [5.74, 6) is -0.638. The van der Waals surface area contributed by atoms with Crippen LogP contribution in [-0.2, 0) is 13.0 Å². The summed E-state index contributed by atoms with van der Waals surface area (Å²) < 4.78 is 1.93. The molecule has 1 heterocycles. The normalized spacial score (nSPS) is 11.7. The standard InChI is InChI=1S/C21H18Cl3N3O3S/c1-3-5-18-19(12-6-8-16(23)17(24)10-12)26(4-2)21(31-18)25-20(28)14-11-13(27(29)30)7-9-15(14)22/h6-11H,3-5H2,1-2H3. The number of hydrogen-bond acceptors (Lipinski definition) is 4. The van der Waals surface area contributed by atoms with Gasteiger partial charge >= 0.3 is 0 Å². The third-order valence-electron chi connectivity index (χ3n) is 4.55. The van der Waals surface area contributed by atoms with Crippen molar-refractivity contribution in [3.63, 3.8) is 0 Å². The Morgan fingerprint density at radius 3 is 2.42 bits per heavy atom. The van der Waals surface area contributed by atoms with E-state index in [0.717, 1.165) is 35.0 Å². The molecule has 0 unspecified atom stereocenters. The lowest BCUT2D eigenvalue weighted by Gasteiger charge is -2.10. The van der Waals surface area contributed by atoms with E-state index in [1.807, 2.05) is 17.6 Å². The number of nitro benzene ring substituents is 1. The van der Waals surface area contributed by atoms with E-state index in [-0.39, 0.29) is 16.3 Å². The molecule has 0 bridgehead atoms. The molecule has 0 N–H and O–H groups in total. The molecular weight excluding hydrogens is 481 g/mol. The van der Waals surface area contributed by atoms with Gasteiger partial charge in [0.1, 0.15) is 0 Å². The van der Waals surface area contributed by atoms with Crippen LogP contribution in [0.1, 0.15) is 35.5 Å². The molecule has 1 amide bonds. The molecule has 0 fully saturated rings. The van der Waals surface area contributed by atoms with Crippen LogP contribution in [0.4, 0.5) is 5.69 Å². The molecule has 2 aromatic carbocycles. The predicted octanol–water partition coefficient (Wildman–Crippen LogP) is 6.80. The van der Waals surface area contributed by atoms with Crippen molar-refractivity contribution in [2.75, 3.05) is 0 Å². The number of thiazole rings is 1.